The fraction of sp³-hybridized carbons (Fsp3) is 0.474. The highest BCUT2D eigenvalue weighted by Crippen LogP contribution is 2.24. The number of phenolic OH excluding ortho intramolecular Hbond substituents is 1. The zero-order valence-electron chi connectivity index (χ0n) is 32.9. The molecule has 0 aromatic heterocycles. The molecule has 20 nitrogen and oxygen atoms in total. The molecule has 1 saturated heterocycles. The number of anilines is 1. The third-order valence-electron chi connectivity index (χ3n) is 9.20. The molecule has 0 spiro atoms. The number of nitrogens with zero attached hydrogens (tertiary/aromatic N) is 3. The highest BCUT2D eigenvalue weighted by atomic mass is 79.9. The maximum absolute atomic E-state index is 13.9. The number of aliphatic imine (C=N–C) groups is 1. The molecule has 0 bridgehead atoms. The van der Waals surface area contributed by atoms with Gasteiger partial charge in [-0.15, -0.1) is 0 Å². The van der Waals surface area contributed by atoms with Gasteiger partial charge in [0.2, 0.25) is 17.7 Å². The fourth-order valence-electron chi connectivity index (χ4n) is 6.09. The first-order valence-corrected chi connectivity index (χ1v) is 19.7. The van der Waals surface area contributed by atoms with Crippen LogP contribution in [0, 0.1) is 0 Å². The molecular formula is C38H53BrN10O10. The van der Waals surface area contributed by atoms with Crippen molar-refractivity contribution in [3.8, 4) is 5.75 Å². The molecule has 5 atom stereocenters. The zero-order valence-corrected chi connectivity index (χ0v) is 34.4. The number of carbonyl (C=O) groups is 6. The second kappa shape index (κ2) is 23.6. The van der Waals surface area contributed by atoms with Gasteiger partial charge in [0, 0.05) is 23.2 Å². The monoisotopic (exact) mass is 888 g/mol. The number of halogens is 1. The topological polar surface area (TPSA) is 326 Å². The number of guanidine groups is 1. The second-order valence-electron chi connectivity index (χ2n) is 13.8. The number of carboxylic acids is 1. The molecule has 3 rings (SSSR count). The number of rotatable bonds is 22. The quantitative estimate of drug-likeness (QED) is 0.0328. The predicted octanol–water partition coefficient (Wildman–Crippen LogP) is 0.241. The van der Waals surface area contributed by atoms with Crippen molar-refractivity contribution in [2.45, 2.75) is 89.1 Å². The lowest BCUT2D eigenvalue weighted by atomic mass is 10.0. The minimum atomic E-state index is -1.50. The summed E-state index contributed by atoms with van der Waals surface area (Å²) >= 11 is 3.27. The smallest absolute Gasteiger partial charge is 0.326 e. The van der Waals surface area contributed by atoms with Crippen LogP contribution in [0.25, 0.3) is 0 Å². The molecular weight excluding hydrogens is 836 g/mol. The summed E-state index contributed by atoms with van der Waals surface area (Å²) in [6.07, 6.45) is 0.715. The number of benzene rings is 2. The molecule has 13 N–H and O–H groups in total. The molecule has 2 aromatic carbocycles. The van der Waals surface area contributed by atoms with E-state index in [1.165, 1.54) is 24.0 Å². The van der Waals surface area contributed by atoms with E-state index in [-0.39, 0.29) is 56.0 Å². The number of aromatic hydroxyl groups is 1. The van der Waals surface area contributed by atoms with Crippen LogP contribution >= 0.6 is 15.9 Å². The Balaban J connectivity index is 1.60. The third kappa shape index (κ3) is 15.1. The van der Waals surface area contributed by atoms with Gasteiger partial charge in [0.1, 0.15) is 29.9 Å². The summed E-state index contributed by atoms with van der Waals surface area (Å²) in [5, 5.41) is 44.3. The number of hydrogen-bond donors (Lipinski definition) is 10. The van der Waals surface area contributed by atoms with Crippen molar-refractivity contribution in [2.24, 2.45) is 27.3 Å². The summed E-state index contributed by atoms with van der Waals surface area (Å²) in [4.78, 5) is 88.4. The Labute approximate surface area is 349 Å². The van der Waals surface area contributed by atoms with Gasteiger partial charge < -0.3 is 63.5 Å². The van der Waals surface area contributed by atoms with Gasteiger partial charge in [0.05, 0.1) is 17.4 Å². The maximum atomic E-state index is 13.9. The Morgan fingerprint density at radius 2 is 1.68 bits per heavy atom. The first-order valence-electron chi connectivity index (χ1n) is 19.0. The van der Waals surface area contributed by atoms with E-state index in [1.54, 1.807) is 37.3 Å². The molecule has 0 saturated carbocycles. The molecule has 2 aromatic rings. The number of nitrogens with one attached hydrogen (secondary N) is 4. The van der Waals surface area contributed by atoms with E-state index in [0.717, 1.165) is 0 Å². The van der Waals surface area contributed by atoms with Crippen LogP contribution in [0.2, 0.25) is 0 Å². The van der Waals surface area contributed by atoms with Crippen LogP contribution in [-0.2, 0) is 28.8 Å². The molecule has 0 radical (unpaired) electrons. The number of aliphatic hydroxyl groups is 1. The van der Waals surface area contributed by atoms with E-state index in [4.69, 9.17) is 22.0 Å². The number of oxime groups is 1. The van der Waals surface area contributed by atoms with Crippen molar-refractivity contribution in [2.75, 3.05) is 31.6 Å². The maximum Gasteiger partial charge on any atom is 0.326 e. The van der Waals surface area contributed by atoms with Crippen molar-refractivity contribution in [3.63, 3.8) is 0 Å². The normalized spacial score (nSPS) is 15.8. The molecule has 1 aliphatic heterocycles. The third-order valence-corrected chi connectivity index (χ3v) is 9.70. The van der Waals surface area contributed by atoms with E-state index in [0.29, 0.717) is 47.2 Å². The fourth-order valence-corrected chi connectivity index (χ4v) is 6.45. The van der Waals surface area contributed by atoms with Gasteiger partial charge in [0.15, 0.2) is 12.6 Å². The molecule has 5 amide bonds. The predicted molar refractivity (Wildman–Crippen MR) is 221 cm³/mol. The van der Waals surface area contributed by atoms with E-state index < -0.39 is 72.4 Å². The van der Waals surface area contributed by atoms with Gasteiger partial charge in [-0.1, -0.05) is 33.2 Å². The summed E-state index contributed by atoms with van der Waals surface area (Å²) in [5.74, 6) is -5.02. The molecule has 59 heavy (non-hydrogen) atoms. The van der Waals surface area contributed by atoms with E-state index in [2.05, 4.69) is 47.3 Å². The van der Waals surface area contributed by atoms with Gasteiger partial charge in [-0.3, -0.25) is 29.0 Å². The van der Waals surface area contributed by atoms with E-state index >= 15 is 0 Å². The van der Waals surface area contributed by atoms with Crippen molar-refractivity contribution in [1.29, 1.82) is 0 Å². The number of aliphatic hydroxyl groups excluding tert-OH is 1. The van der Waals surface area contributed by atoms with Crippen LogP contribution in [0.15, 0.2) is 57.1 Å². The minimum Gasteiger partial charge on any atom is -0.507 e. The summed E-state index contributed by atoms with van der Waals surface area (Å²) < 4.78 is 0.622. The number of phenols is 1. The number of unbranched alkanes of at least 4 members (excludes halogenated alkanes) is 1. The molecule has 1 heterocycles. The van der Waals surface area contributed by atoms with Gasteiger partial charge >= 0.3 is 5.97 Å². The Hall–Kier alpha value is -5.80. The number of aliphatic carboxylic acids is 1. The standard InChI is InChI=1S/C38H53BrN10O10/c1-21(23-10-13-25(14-11-23)44-33(53)26-19-24(39)12-15-30(26)51)48-59-20-31(52)47-32(22(2)50)35(55)45-27(7-3-4-16-40)36(56)49-18-6-9-29(49)34(54)46-28(37(57)58)8-5-17-43-38(41)42/h10-15,19,22,27-29,32,50-51H,3-9,16-18,20,40H2,1-2H3,(H,44,53)(H,45,55)(H,46,54)(H,47,52)(H,57,58)(H4,41,42,43)/b48-21+/t22-,27+,28+,29+,32+/m1/s1. The summed E-state index contributed by atoms with van der Waals surface area (Å²) in [6.45, 7) is 2.93. The summed E-state index contributed by atoms with van der Waals surface area (Å²) in [5.41, 5.74) is 17.8. The molecule has 21 heteroatoms. The first kappa shape index (κ1) is 47.6. The summed E-state index contributed by atoms with van der Waals surface area (Å²) in [6, 6.07) is 6.10. The number of amides is 5. The summed E-state index contributed by atoms with van der Waals surface area (Å²) in [7, 11) is 0. The number of hydrogen-bond acceptors (Lipinski definition) is 12. The van der Waals surface area contributed by atoms with Gasteiger partial charge in [-0.05, 0) is 101 Å². The lowest BCUT2D eigenvalue weighted by molar-refractivity contribution is -0.145. The molecule has 1 aliphatic rings. The van der Waals surface area contributed by atoms with Crippen LogP contribution in [0.4, 0.5) is 5.69 Å². The lowest BCUT2D eigenvalue weighted by Crippen LogP contribution is -2.59. The van der Waals surface area contributed by atoms with Crippen molar-refractivity contribution < 1.29 is 48.9 Å². The number of likely N-dealkylation sites (tertiary alicyclic amines) is 1. The van der Waals surface area contributed by atoms with Gasteiger partial charge in [-0.25, -0.2) is 4.79 Å². The number of carbonyl (C=O) groups excluding carboxylic acids is 5. The van der Waals surface area contributed by atoms with Gasteiger partial charge in [0.25, 0.3) is 11.8 Å². The molecule has 322 valence electrons. The average Bonchev–Trinajstić information content (AvgIpc) is 3.68. The first-order chi connectivity index (χ1) is 28.0. The van der Waals surface area contributed by atoms with Crippen LogP contribution in [0.1, 0.15) is 74.7 Å². The Morgan fingerprint density at radius 1 is 0.983 bits per heavy atom. The zero-order chi connectivity index (χ0) is 43.6. The van der Waals surface area contributed by atoms with Crippen LogP contribution in [-0.4, -0.2) is 124 Å². The van der Waals surface area contributed by atoms with Crippen molar-refractivity contribution in [1.82, 2.24) is 20.9 Å². The second-order valence-corrected chi connectivity index (χ2v) is 14.7. The largest absolute Gasteiger partial charge is 0.507 e. The van der Waals surface area contributed by atoms with Crippen molar-refractivity contribution in [3.05, 3.63) is 58.1 Å². The highest BCUT2D eigenvalue weighted by molar-refractivity contribution is 9.10. The van der Waals surface area contributed by atoms with E-state index in [9.17, 15) is 44.1 Å². The van der Waals surface area contributed by atoms with Crippen LogP contribution in [0.5, 0.6) is 5.75 Å². The van der Waals surface area contributed by atoms with Gasteiger partial charge in [-0.2, -0.15) is 0 Å². The molecule has 0 unspecified atom stereocenters. The van der Waals surface area contributed by atoms with Crippen molar-refractivity contribution >= 4 is 68.8 Å². The van der Waals surface area contributed by atoms with Crippen LogP contribution < -0.4 is 38.5 Å². The Morgan fingerprint density at radius 3 is 2.32 bits per heavy atom. The molecule has 0 aliphatic carbocycles. The SMILES string of the molecule is C/C(=N\OCC(=O)N[C@H](C(=O)N[C@@H](CCCCN)C(=O)N1CCC[C@H]1C(=O)N[C@@H](CCCN=C(N)N)C(=O)O)[C@@H](C)O)c1ccc(NC(=O)c2cc(Br)ccc2O)cc1. The molecule has 1 fully saturated rings. The van der Waals surface area contributed by atoms with E-state index in [1.807, 2.05) is 0 Å². The lowest BCUT2D eigenvalue weighted by Gasteiger charge is -2.30. The number of carboxylic acid groups (broad SMARTS) is 1. The minimum absolute atomic E-state index is 0.0397. The highest BCUT2D eigenvalue weighted by Gasteiger charge is 2.39. The van der Waals surface area contributed by atoms with Crippen LogP contribution in [0.3, 0.4) is 0 Å². The Bertz CT molecular complexity index is 1860. The average molecular weight is 890 g/mol. The Kier molecular flexibility index (Phi) is 19.0. The number of nitrogens with two attached hydrogens (primary N) is 3.